The summed E-state index contributed by atoms with van der Waals surface area (Å²) in [5, 5.41) is 7.48. The van der Waals surface area contributed by atoms with Crippen LogP contribution in [0.15, 0.2) is 30.5 Å². The van der Waals surface area contributed by atoms with Gasteiger partial charge in [0.05, 0.1) is 12.0 Å². The third-order valence-electron chi connectivity index (χ3n) is 6.76. The van der Waals surface area contributed by atoms with Gasteiger partial charge in [-0.15, -0.1) is 0 Å². The van der Waals surface area contributed by atoms with Crippen LogP contribution in [0, 0.1) is 5.92 Å². The van der Waals surface area contributed by atoms with Gasteiger partial charge in [-0.05, 0) is 64.5 Å². The fourth-order valence-electron chi connectivity index (χ4n) is 5.10. The number of carbonyl (C=O) groups is 2. The molecule has 1 saturated heterocycles. The Bertz CT molecular complexity index is 1010. The minimum atomic E-state index is -0.557. The van der Waals surface area contributed by atoms with Crippen LogP contribution < -0.4 is 10.6 Å². The molecule has 4 rings (SSSR count). The van der Waals surface area contributed by atoms with Gasteiger partial charge < -0.3 is 30.0 Å². The number of fused-ring (bicyclic) bond motifs is 1. The normalized spacial score (nSPS) is 21.5. The van der Waals surface area contributed by atoms with E-state index in [1.165, 1.54) is 10.9 Å². The van der Waals surface area contributed by atoms with Crippen LogP contribution >= 0.6 is 0 Å². The van der Waals surface area contributed by atoms with E-state index in [9.17, 15) is 9.59 Å². The predicted molar refractivity (Wildman–Crippen MR) is 136 cm³/mol. The van der Waals surface area contributed by atoms with Crippen molar-refractivity contribution in [3.05, 3.63) is 36.0 Å². The molecule has 192 valence electrons. The summed E-state index contributed by atoms with van der Waals surface area (Å²) < 4.78 is 10.8. The summed E-state index contributed by atoms with van der Waals surface area (Å²) in [7, 11) is 1.72. The zero-order valence-electron chi connectivity index (χ0n) is 21.4. The molecular weight excluding hydrogens is 444 g/mol. The summed E-state index contributed by atoms with van der Waals surface area (Å²) in [4.78, 5) is 31.9. The van der Waals surface area contributed by atoms with Crippen LogP contribution in [0.25, 0.3) is 10.9 Å². The van der Waals surface area contributed by atoms with Gasteiger partial charge in [0, 0.05) is 56.0 Å². The monoisotopic (exact) mass is 484 g/mol. The Balaban J connectivity index is 1.53. The molecule has 2 heterocycles. The van der Waals surface area contributed by atoms with Crippen molar-refractivity contribution in [2.75, 3.05) is 26.8 Å². The lowest BCUT2D eigenvalue weighted by atomic mass is 9.92. The molecule has 1 aromatic heterocycles. The van der Waals surface area contributed by atoms with E-state index in [0.29, 0.717) is 26.1 Å². The van der Waals surface area contributed by atoms with Crippen molar-refractivity contribution in [1.29, 1.82) is 0 Å². The second kappa shape index (κ2) is 11.0. The number of nitrogens with zero attached hydrogens (tertiary/aromatic N) is 1. The Labute approximate surface area is 208 Å². The summed E-state index contributed by atoms with van der Waals surface area (Å²) in [5.74, 6) is -0.0252. The van der Waals surface area contributed by atoms with Crippen LogP contribution in [0.2, 0.25) is 0 Å². The molecule has 0 spiro atoms. The standard InChI is InChI=1S/C27H40N4O4/c1-27(2,3)35-26(33)30-19-14-18(15-28-16-19)25(32)31(20-11-12-20)24(10-7-13-34-4)22-17-29-23-9-6-5-8-21(22)23/h5-6,8-9,17-20,24,28-29H,7,10-16H2,1-4H3,(H,30,33)/t18-,19+,24?/m0/s1. The lowest BCUT2D eigenvalue weighted by molar-refractivity contribution is -0.140. The molecule has 2 fully saturated rings. The number of methoxy groups -OCH3 is 1. The average molecular weight is 485 g/mol. The molecule has 1 aromatic carbocycles. The van der Waals surface area contributed by atoms with Gasteiger partial charge in [-0.2, -0.15) is 0 Å². The number of piperidine rings is 1. The fraction of sp³-hybridized carbons (Fsp3) is 0.630. The maximum atomic E-state index is 14.0. The van der Waals surface area contributed by atoms with Gasteiger partial charge in [0.2, 0.25) is 5.91 Å². The maximum absolute atomic E-state index is 14.0. The van der Waals surface area contributed by atoms with Gasteiger partial charge in [0.15, 0.2) is 0 Å². The zero-order chi connectivity index (χ0) is 25.0. The molecule has 8 nitrogen and oxygen atoms in total. The van der Waals surface area contributed by atoms with Crippen LogP contribution in [0.1, 0.15) is 64.5 Å². The van der Waals surface area contributed by atoms with Gasteiger partial charge in [0.25, 0.3) is 0 Å². The van der Waals surface area contributed by atoms with E-state index < -0.39 is 11.7 Å². The SMILES string of the molecule is COCCCC(c1c[nH]c2ccccc12)N(C(=O)[C@@H]1CNC[C@H](NC(=O)OC(C)(C)C)C1)C1CC1. The first-order valence-electron chi connectivity index (χ1n) is 12.8. The molecule has 1 aliphatic carbocycles. The van der Waals surface area contributed by atoms with Crippen LogP contribution in [0.3, 0.4) is 0 Å². The number of amides is 2. The maximum Gasteiger partial charge on any atom is 0.407 e. The summed E-state index contributed by atoms with van der Waals surface area (Å²) >= 11 is 0. The number of H-pyrrole nitrogens is 1. The van der Waals surface area contributed by atoms with Crippen LogP contribution in [-0.4, -0.2) is 66.4 Å². The second-order valence-corrected chi connectivity index (χ2v) is 10.9. The van der Waals surface area contributed by atoms with Crippen molar-refractivity contribution in [3.63, 3.8) is 0 Å². The van der Waals surface area contributed by atoms with E-state index in [1.807, 2.05) is 32.9 Å². The quantitative estimate of drug-likeness (QED) is 0.465. The highest BCUT2D eigenvalue weighted by Crippen LogP contribution is 2.40. The van der Waals surface area contributed by atoms with Gasteiger partial charge >= 0.3 is 6.09 Å². The molecular formula is C27H40N4O4. The Morgan fingerprint density at radius 2 is 1.97 bits per heavy atom. The Morgan fingerprint density at radius 3 is 2.69 bits per heavy atom. The van der Waals surface area contributed by atoms with E-state index in [2.05, 4.69) is 38.8 Å². The van der Waals surface area contributed by atoms with Crippen molar-refractivity contribution in [2.24, 2.45) is 5.92 Å². The van der Waals surface area contributed by atoms with Crippen molar-refractivity contribution < 1.29 is 19.1 Å². The minimum absolute atomic E-state index is 0.0134. The molecule has 1 unspecified atom stereocenters. The molecule has 2 aromatic rings. The van der Waals surface area contributed by atoms with Crippen molar-refractivity contribution in [3.8, 4) is 0 Å². The van der Waals surface area contributed by atoms with Gasteiger partial charge in [0.1, 0.15) is 5.60 Å². The van der Waals surface area contributed by atoms with Crippen LogP contribution in [0.5, 0.6) is 0 Å². The number of ether oxygens (including phenoxy) is 2. The number of alkyl carbamates (subject to hydrolysis) is 1. The Morgan fingerprint density at radius 1 is 1.20 bits per heavy atom. The lowest BCUT2D eigenvalue weighted by Gasteiger charge is -2.38. The summed E-state index contributed by atoms with van der Waals surface area (Å²) in [6, 6.07) is 8.39. The number of aromatic nitrogens is 1. The number of benzene rings is 1. The number of carbonyl (C=O) groups excluding carboxylic acids is 2. The average Bonchev–Trinajstić information content (AvgIpc) is 3.55. The Kier molecular flexibility index (Phi) is 8.02. The zero-order valence-corrected chi connectivity index (χ0v) is 21.4. The first-order valence-corrected chi connectivity index (χ1v) is 12.8. The van der Waals surface area contributed by atoms with Gasteiger partial charge in [-0.1, -0.05) is 18.2 Å². The first-order chi connectivity index (χ1) is 16.8. The summed E-state index contributed by atoms with van der Waals surface area (Å²) in [5.41, 5.74) is 1.70. The third kappa shape index (κ3) is 6.55. The van der Waals surface area contributed by atoms with E-state index in [1.54, 1.807) is 7.11 Å². The number of hydrogen-bond donors (Lipinski definition) is 3. The molecule has 3 N–H and O–H groups in total. The highest BCUT2D eigenvalue weighted by Gasteiger charge is 2.42. The van der Waals surface area contributed by atoms with E-state index in [4.69, 9.17) is 9.47 Å². The number of aromatic amines is 1. The molecule has 3 atom stereocenters. The molecule has 2 aliphatic rings. The van der Waals surface area contributed by atoms with E-state index in [-0.39, 0.29) is 30.0 Å². The second-order valence-electron chi connectivity index (χ2n) is 10.9. The molecule has 35 heavy (non-hydrogen) atoms. The van der Waals surface area contributed by atoms with Gasteiger partial charge in [-0.3, -0.25) is 4.79 Å². The lowest BCUT2D eigenvalue weighted by Crippen LogP contribution is -2.54. The van der Waals surface area contributed by atoms with Crippen molar-refractivity contribution >= 4 is 22.9 Å². The number of para-hydroxylation sites is 1. The van der Waals surface area contributed by atoms with Crippen molar-refractivity contribution in [1.82, 2.24) is 20.5 Å². The van der Waals surface area contributed by atoms with E-state index in [0.717, 1.165) is 31.2 Å². The molecule has 8 heteroatoms. The highest BCUT2D eigenvalue weighted by atomic mass is 16.6. The smallest absolute Gasteiger partial charge is 0.407 e. The Hall–Kier alpha value is -2.58. The van der Waals surface area contributed by atoms with Crippen LogP contribution in [0.4, 0.5) is 4.79 Å². The molecule has 1 saturated carbocycles. The first kappa shape index (κ1) is 25.5. The molecule has 2 amide bonds. The number of rotatable bonds is 9. The van der Waals surface area contributed by atoms with Crippen molar-refractivity contribution in [2.45, 2.75) is 76.6 Å². The van der Waals surface area contributed by atoms with Crippen LogP contribution in [-0.2, 0) is 14.3 Å². The van der Waals surface area contributed by atoms with Gasteiger partial charge in [-0.25, -0.2) is 4.79 Å². The highest BCUT2D eigenvalue weighted by molar-refractivity contribution is 5.85. The topological polar surface area (TPSA) is 95.7 Å². The molecule has 0 bridgehead atoms. The fourth-order valence-corrected chi connectivity index (χ4v) is 5.10. The molecule has 1 aliphatic heterocycles. The number of nitrogens with one attached hydrogen (secondary N) is 3. The minimum Gasteiger partial charge on any atom is -0.444 e. The van der Waals surface area contributed by atoms with E-state index >= 15 is 0 Å². The largest absolute Gasteiger partial charge is 0.444 e. The summed E-state index contributed by atoms with van der Waals surface area (Å²) in [6.07, 6.45) is 6.03. The third-order valence-corrected chi connectivity index (χ3v) is 6.76. The predicted octanol–water partition coefficient (Wildman–Crippen LogP) is 4.13. The number of hydrogen-bond acceptors (Lipinski definition) is 5. The molecule has 0 radical (unpaired) electrons. The summed E-state index contributed by atoms with van der Waals surface area (Å²) in [6.45, 7) is 7.46.